The number of aromatic nitrogens is 1. The van der Waals surface area contributed by atoms with Crippen LogP contribution in [0.3, 0.4) is 0 Å². The van der Waals surface area contributed by atoms with E-state index in [0.29, 0.717) is 11.1 Å². The number of fused-ring (bicyclic) bond motifs is 1. The van der Waals surface area contributed by atoms with E-state index in [1.807, 2.05) is 0 Å². The minimum absolute atomic E-state index is 0.131. The van der Waals surface area contributed by atoms with Crippen LogP contribution >= 0.6 is 7.60 Å². The zero-order valence-electron chi connectivity index (χ0n) is 8.08. The Kier molecular flexibility index (Phi) is 2.61. The Morgan fingerprint density at radius 1 is 1.53 bits per heavy atom. The van der Waals surface area contributed by atoms with Crippen molar-refractivity contribution in [1.29, 1.82) is 0 Å². The van der Waals surface area contributed by atoms with Gasteiger partial charge in [-0.05, 0) is 19.1 Å². The molecule has 0 saturated heterocycles. The SMILES string of the molecule is CCOP(=O)(O)c1nc2ccccc2o1. The Morgan fingerprint density at radius 3 is 2.93 bits per heavy atom. The summed E-state index contributed by atoms with van der Waals surface area (Å²) >= 11 is 0. The van der Waals surface area contributed by atoms with E-state index >= 15 is 0 Å². The molecule has 1 N–H and O–H groups in total. The topological polar surface area (TPSA) is 72.6 Å². The van der Waals surface area contributed by atoms with Crippen molar-refractivity contribution < 1.29 is 18.4 Å². The van der Waals surface area contributed by atoms with Crippen LogP contribution in [0, 0.1) is 0 Å². The highest BCUT2D eigenvalue weighted by molar-refractivity contribution is 7.60. The standard InChI is InChI=1S/C9H10NO4P/c1-2-13-15(11,12)9-10-7-5-3-4-6-8(7)14-9/h3-6H,2H2,1H3,(H,11,12). The van der Waals surface area contributed by atoms with Gasteiger partial charge in [0.1, 0.15) is 5.52 Å². The molecule has 1 unspecified atom stereocenters. The molecule has 0 aliphatic carbocycles. The van der Waals surface area contributed by atoms with E-state index in [1.54, 1.807) is 31.2 Å². The minimum Gasteiger partial charge on any atom is -0.430 e. The number of oxazole rings is 1. The van der Waals surface area contributed by atoms with Crippen LogP contribution in [-0.4, -0.2) is 16.5 Å². The molecule has 2 aromatic rings. The number of rotatable bonds is 3. The molecule has 1 aromatic heterocycles. The quantitative estimate of drug-likeness (QED) is 0.807. The van der Waals surface area contributed by atoms with Crippen molar-refractivity contribution in [3.05, 3.63) is 24.3 Å². The molecule has 15 heavy (non-hydrogen) atoms. The second kappa shape index (κ2) is 3.77. The molecule has 1 aromatic carbocycles. The van der Waals surface area contributed by atoms with Crippen LogP contribution in [0.25, 0.3) is 11.1 Å². The fourth-order valence-corrected chi connectivity index (χ4v) is 2.12. The largest absolute Gasteiger partial charge is 0.430 e. The summed E-state index contributed by atoms with van der Waals surface area (Å²) in [6.45, 7) is 1.76. The van der Waals surface area contributed by atoms with Crippen molar-refractivity contribution in [3.8, 4) is 0 Å². The molecule has 0 saturated carbocycles. The Morgan fingerprint density at radius 2 is 2.27 bits per heavy atom. The van der Waals surface area contributed by atoms with E-state index < -0.39 is 7.60 Å². The van der Waals surface area contributed by atoms with Gasteiger partial charge in [0, 0.05) is 0 Å². The molecular weight excluding hydrogens is 217 g/mol. The highest BCUT2D eigenvalue weighted by Gasteiger charge is 2.29. The monoisotopic (exact) mass is 227 g/mol. The average molecular weight is 227 g/mol. The van der Waals surface area contributed by atoms with Crippen LogP contribution in [0.2, 0.25) is 0 Å². The highest BCUT2D eigenvalue weighted by Crippen LogP contribution is 2.40. The molecular formula is C9H10NO4P. The number of nitrogens with zero attached hydrogens (tertiary/aromatic N) is 1. The number of benzene rings is 1. The summed E-state index contributed by atoms with van der Waals surface area (Å²) in [5, 5.41) is 0. The van der Waals surface area contributed by atoms with Crippen LogP contribution in [0.4, 0.5) is 0 Å². The number of hydrogen-bond acceptors (Lipinski definition) is 4. The maximum Gasteiger partial charge on any atom is 0.413 e. The van der Waals surface area contributed by atoms with Gasteiger partial charge in [0.05, 0.1) is 6.61 Å². The van der Waals surface area contributed by atoms with E-state index in [4.69, 9.17) is 8.94 Å². The molecule has 1 atom stereocenters. The summed E-state index contributed by atoms with van der Waals surface area (Å²) < 4.78 is 21.4. The van der Waals surface area contributed by atoms with Gasteiger partial charge in [-0.25, -0.2) is 9.55 Å². The zero-order chi connectivity index (χ0) is 10.9. The first-order valence-corrected chi connectivity index (χ1v) is 6.04. The van der Waals surface area contributed by atoms with Gasteiger partial charge in [0.2, 0.25) is 0 Å². The Bertz CT molecular complexity index is 489. The van der Waals surface area contributed by atoms with Crippen molar-refractivity contribution in [2.24, 2.45) is 0 Å². The molecule has 0 bridgehead atoms. The summed E-state index contributed by atoms with van der Waals surface area (Å²) in [7, 11) is -3.90. The molecule has 80 valence electrons. The van der Waals surface area contributed by atoms with E-state index in [9.17, 15) is 9.46 Å². The van der Waals surface area contributed by atoms with Gasteiger partial charge < -0.3 is 13.8 Å². The summed E-state index contributed by atoms with van der Waals surface area (Å²) in [5.41, 5.74) is 0.758. The third kappa shape index (κ3) is 1.95. The van der Waals surface area contributed by atoms with Gasteiger partial charge in [0.15, 0.2) is 5.58 Å². The van der Waals surface area contributed by atoms with Crippen molar-refractivity contribution in [2.45, 2.75) is 6.92 Å². The molecule has 0 amide bonds. The smallest absolute Gasteiger partial charge is 0.413 e. The predicted octanol–water partition coefficient (Wildman–Crippen LogP) is 1.68. The molecule has 0 aliphatic heterocycles. The second-order valence-corrected chi connectivity index (χ2v) is 4.58. The third-order valence-corrected chi connectivity index (χ3v) is 3.11. The Labute approximate surface area is 86.2 Å². The van der Waals surface area contributed by atoms with E-state index in [0.717, 1.165) is 0 Å². The molecule has 1 heterocycles. The normalized spacial score (nSPS) is 15.3. The van der Waals surface area contributed by atoms with Crippen molar-refractivity contribution in [2.75, 3.05) is 6.61 Å². The third-order valence-electron chi connectivity index (χ3n) is 1.83. The van der Waals surface area contributed by atoms with Gasteiger partial charge in [-0.3, -0.25) is 0 Å². The van der Waals surface area contributed by atoms with E-state index in [2.05, 4.69) is 4.98 Å². The Balaban J connectivity index is 2.49. The second-order valence-electron chi connectivity index (χ2n) is 2.90. The number of para-hydroxylation sites is 2. The molecule has 0 spiro atoms. The van der Waals surface area contributed by atoms with Crippen LogP contribution in [0.15, 0.2) is 28.7 Å². The molecule has 6 heteroatoms. The van der Waals surface area contributed by atoms with Gasteiger partial charge in [-0.2, -0.15) is 0 Å². The molecule has 0 radical (unpaired) electrons. The van der Waals surface area contributed by atoms with Crippen LogP contribution < -0.4 is 5.63 Å². The number of hydrogen-bond donors (Lipinski definition) is 1. The maximum atomic E-state index is 11.6. The lowest BCUT2D eigenvalue weighted by atomic mass is 10.3. The van der Waals surface area contributed by atoms with Crippen molar-refractivity contribution in [3.63, 3.8) is 0 Å². The molecule has 2 rings (SSSR count). The zero-order valence-corrected chi connectivity index (χ0v) is 8.98. The predicted molar refractivity (Wildman–Crippen MR) is 55.1 cm³/mol. The first-order valence-electron chi connectivity index (χ1n) is 4.47. The van der Waals surface area contributed by atoms with Gasteiger partial charge in [-0.1, -0.05) is 12.1 Å². The molecule has 0 fully saturated rings. The summed E-state index contributed by atoms with van der Waals surface area (Å²) in [6, 6.07) is 6.92. The lowest BCUT2D eigenvalue weighted by Gasteiger charge is -2.04. The fraction of sp³-hybridized carbons (Fsp3) is 0.222. The lowest BCUT2D eigenvalue weighted by Crippen LogP contribution is -2.07. The summed E-state index contributed by atoms with van der Waals surface area (Å²) in [5.74, 6) is 0. The summed E-state index contributed by atoms with van der Waals surface area (Å²) in [4.78, 5) is 13.4. The first-order chi connectivity index (χ1) is 7.13. The van der Waals surface area contributed by atoms with Crippen LogP contribution in [-0.2, 0) is 9.09 Å². The molecule has 0 aliphatic rings. The molecule has 5 nitrogen and oxygen atoms in total. The van der Waals surface area contributed by atoms with Crippen LogP contribution in [0.5, 0.6) is 0 Å². The van der Waals surface area contributed by atoms with Gasteiger partial charge in [-0.15, -0.1) is 0 Å². The van der Waals surface area contributed by atoms with Gasteiger partial charge in [0.25, 0.3) is 0 Å². The average Bonchev–Trinajstić information content (AvgIpc) is 2.61. The maximum absolute atomic E-state index is 11.6. The van der Waals surface area contributed by atoms with Crippen LogP contribution in [0.1, 0.15) is 6.92 Å². The van der Waals surface area contributed by atoms with Gasteiger partial charge >= 0.3 is 13.2 Å². The lowest BCUT2D eigenvalue weighted by molar-refractivity contribution is 0.278. The Hall–Kier alpha value is -1.16. The highest BCUT2D eigenvalue weighted by atomic mass is 31.2. The van der Waals surface area contributed by atoms with E-state index in [1.165, 1.54) is 0 Å². The van der Waals surface area contributed by atoms with Crippen molar-refractivity contribution >= 4 is 24.3 Å². The summed E-state index contributed by atoms with van der Waals surface area (Å²) in [6.07, 6.45) is 0. The van der Waals surface area contributed by atoms with E-state index in [-0.39, 0.29) is 12.2 Å². The first kappa shape index (κ1) is 10.4. The van der Waals surface area contributed by atoms with Crippen molar-refractivity contribution in [1.82, 2.24) is 4.98 Å². The fourth-order valence-electron chi connectivity index (χ4n) is 1.21. The minimum atomic E-state index is -3.90.